The van der Waals surface area contributed by atoms with Gasteiger partial charge in [-0.2, -0.15) is 0 Å². The summed E-state index contributed by atoms with van der Waals surface area (Å²) >= 11 is 0. The van der Waals surface area contributed by atoms with Crippen LogP contribution >= 0.6 is 0 Å². The predicted octanol–water partition coefficient (Wildman–Crippen LogP) is 3.07. The van der Waals surface area contributed by atoms with Gasteiger partial charge >= 0.3 is 0 Å². The molecular weight excluding hydrogens is 348 g/mol. The van der Waals surface area contributed by atoms with E-state index < -0.39 is 21.7 Å². The molecule has 0 spiro atoms. The van der Waals surface area contributed by atoms with Crippen molar-refractivity contribution in [3.63, 3.8) is 0 Å². The normalized spacial score (nSPS) is 20.8. The summed E-state index contributed by atoms with van der Waals surface area (Å²) in [4.78, 5) is 0.0891. The Bertz CT molecular complexity index is 853. The van der Waals surface area contributed by atoms with Gasteiger partial charge in [0.25, 0.3) is 0 Å². The van der Waals surface area contributed by atoms with Crippen LogP contribution in [0.15, 0.2) is 47.4 Å². The monoisotopic (exact) mass is 367 g/mol. The van der Waals surface area contributed by atoms with Crippen molar-refractivity contribution in [3.05, 3.63) is 54.1 Å². The highest BCUT2D eigenvalue weighted by atomic mass is 32.2. The number of aliphatic hydroxyl groups is 1. The first-order valence-electron chi connectivity index (χ1n) is 8.08. The van der Waals surface area contributed by atoms with Crippen molar-refractivity contribution < 1.29 is 22.3 Å². The van der Waals surface area contributed by atoms with Gasteiger partial charge in [-0.1, -0.05) is 12.1 Å². The van der Waals surface area contributed by atoms with Gasteiger partial charge in [0.05, 0.1) is 4.90 Å². The van der Waals surface area contributed by atoms with Gasteiger partial charge in [0.1, 0.15) is 11.6 Å². The summed E-state index contributed by atoms with van der Waals surface area (Å²) in [6, 6.07) is 8.88. The third-order valence-electron chi connectivity index (χ3n) is 4.53. The van der Waals surface area contributed by atoms with E-state index in [0.717, 1.165) is 18.6 Å². The molecular formula is C18H19F2NO3S. The van der Waals surface area contributed by atoms with E-state index in [9.17, 15) is 17.2 Å². The van der Waals surface area contributed by atoms with Crippen LogP contribution in [-0.4, -0.2) is 26.2 Å². The second kappa shape index (κ2) is 7.19. The lowest BCUT2D eigenvalue weighted by molar-refractivity contribution is 0.228. The van der Waals surface area contributed by atoms with Gasteiger partial charge < -0.3 is 5.11 Å². The van der Waals surface area contributed by atoms with E-state index in [1.54, 1.807) is 0 Å². The molecule has 0 bridgehead atoms. The molecule has 0 heterocycles. The smallest absolute Gasteiger partial charge is 0.240 e. The molecule has 2 aromatic rings. The van der Waals surface area contributed by atoms with Crippen LogP contribution in [0.1, 0.15) is 19.3 Å². The minimum atomic E-state index is -3.68. The van der Waals surface area contributed by atoms with E-state index in [0.29, 0.717) is 18.4 Å². The zero-order valence-electron chi connectivity index (χ0n) is 13.5. The molecule has 0 radical (unpaired) electrons. The molecule has 1 aliphatic rings. The number of hydrogen-bond acceptors (Lipinski definition) is 3. The average Bonchev–Trinajstić information content (AvgIpc) is 3.02. The summed E-state index contributed by atoms with van der Waals surface area (Å²) in [6.07, 6.45) is 2.12. The number of aliphatic hydroxyl groups excluding tert-OH is 1. The molecule has 0 amide bonds. The van der Waals surface area contributed by atoms with Crippen molar-refractivity contribution >= 4 is 10.0 Å². The van der Waals surface area contributed by atoms with Crippen LogP contribution in [-0.2, 0) is 10.0 Å². The van der Waals surface area contributed by atoms with Crippen molar-refractivity contribution in [2.24, 2.45) is 5.92 Å². The van der Waals surface area contributed by atoms with E-state index in [4.69, 9.17) is 5.11 Å². The molecule has 25 heavy (non-hydrogen) atoms. The van der Waals surface area contributed by atoms with Crippen LogP contribution < -0.4 is 4.72 Å². The first-order chi connectivity index (χ1) is 11.9. The maximum Gasteiger partial charge on any atom is 0.240 e. The molecule has 7 heteroatoms. The topological polar surface area (TPSA) is 66.4 Å². The number of hydrogen-bond donors (Lipinski definition) is 2. The van der Waals surface area contributed by atoms with Crippen molar-refractivity contribution in [2.75, 3.05) is 6.61 Å². The van der Waals surface area contributed by atoms with Crippen molar-refractivity contribution in [1.82, 2.24) is 4.72 Å². The maximum absolute atomic E-state index is 13.8. The zero-order valence-corrected chi connectivity index (χ0v) is 14.3. The number of sulfonamides is 1. The van der Waals surface area contributed by atoms with E-state index in [2.05, 4.69) is 4.72 Å². The van der Waals surface area contributed by atoms with Crippen LogP contribution in [0.3, 0.4) is 0 Å². The van der Waals surface area contributed by atoms with E-state index in [-0.39, 0.29) is 29.0 Å². The van der Waals surface area contributed by atoms with Gasteiger partial charge in [-0.15, -0.1) is 0 Å². The maximum atomic E-state index is 13.8. The quantitative estimate of drug-likeness (QED) is 0.854. The van der Waals surface area contributed by atoms with E-state index in [1.807, 2.05) is 0 Å². The third kappa shape index (κ3) is 4.05. The molecule has 0 saturated heterocycles. The van der Waals surface area contributed by atoms with Gasteiger partial charge in [-0.25, -0.2) is 21.9 Å². The fourth-order valence-corrected chi connectivity index (χ4v) is 4.46. The minimum absolute atomic E-state index is 0.0656. The second-order valence-electron chi connectivity index (χ2n) is 6.33. The van der Waals surface area contributed by atoms with Crippen molar-refractivity contribution in [2.45, 2.75) is 30.2 Å². The fourth-order valence-electron chi connectivity index (χ4n) is 3.17. The lowest BCUT2D eigenvalue weighted by Crippen LogP contribution is -2.33. The highest BCUT2D eigenvalue weighted by Gasteiger charge is 2.28. The zero-order chi connectivity index (χ0) is 18.0. The second-order valence-corrected chi connectivity index (χ2v) is 8.04. The Kier molecular flexibility index (Phi) is 5.17. The summed E-state index contributed by atoms with van der Waals surface area (Å²) < 4.78 is 54.3. The van der Waals surface area contributed by atoms with E-state index in [1.165, 1.54) is 30.3 Å². The van der Waals surface area contributed by atoms with Gasteiger partial charge in [0, 0.05) is 24.3 Å². The summed E-state index contributed by atoms with van der Waals surface area (Å²) in [5.41, 5.74) is 0.678. The molecule has 2 unspecified atom stereocenters. The molecule has 1 saturated carbocycles. The molecule has 0 aromatic heterocycles. The summed E-state index contributed by atoms with van der Waals surface area (Å²) in [6.45, 7) is 0.0656. The molecule has 2 aromatic carbocycles. The molecule has 2 N–H and O–H groups in total. The SMILES string of the molecule is O=S(=O)(NC1CCC(CO)C1)c1ccc(-c2ccc(F)cc2F)cc1. The molecule has 2 atom stereocenters. The fraction of sp³-hybridized carbons (Fsp3) is 0.333. The standard InChI is InChI=1S/C18H19F2NO3S/c19-14-4-8-17(18(20)10-14)13-2-6-16(7-3-13)25(23,24)21-15-5-1-12(9-15)11-22/h2-4,6-8,10,12,15,21-22H,1,5,9,11H2. The highest BCUT2D eigenvalue weighted by Crippen LogP contribution is 2.28. The Morgan fingerprint density at radius 3 is 2.40 bits per heavy atom. The predicted molar refractivity (Wildman–Crippen MR) is 90.3 cm³/mol. The first-order valence-corrected chi connectivity index (χ1v) is 9.56. The van der Waals surface area contributed by atoms with E-state index >= 15 is 0 Å². The van der Waals surface area contributed by atoms with Crippen LogP contribution in [0.2, 0.25) is 0 Å². The minimum Gasteiger partial charge on any atom is -0.396 e. The molecule has 134 valence electrons. The number of nitrogens with one attached hydrogen (secondary N) is 1. The van der Waals surface area contributed by atoms with Gasteiger partial charge in [-0.05, 0) is 55.0 Å². The van der Waals surface area contributed by atoms with Crippen LogP contribution in [0.4, 0.5) is 8.78 Å². The lowest BCUT2D eigenvalue weighted by atomic mass is 10.1. The Balaban J connectivity index is 1.77. The summed E-state index contributed by atoms with van der Waals surface area (Å²) in [7, 11) is -3.68. The molecule has 0 aliphatic heterocycles. The first kappa shape index (κ1) is 18.0. The third-order valence-corrected chi connectivity index (χ3v) is 6.06. The molecule has 4 nitrogen and oxygen atoms in total. The largest absolute Gasteiger partial charge is 0.396 e. The molecule has 1 aliphatic carbocycles. The van der Waals surface area contributed by atoms with Gasteiger partial charge in [-0.3, -0.25) is 0 Å². The van der Waals surface area contributed by atoms with Gasteiger partial charge in [0.2, 0.25) is 10.0 Å². The summed E-state index contributed by atoms with van der Waals surface area (Å²) in [5.74, 6) is -1.23. The Morgan fingerprint density at radius 2 is 1.80 bits per heavy atom. The number of rotatable bonds is 5. The average molecular weight is 367 g/mol. The van der Waals surface area contributed by atoms with Gasteiger partial charge in [0.15, 0.2) is 0 Å². The Morgan fingerprint density at radius 1 is 1.08 bits per heavy atom. The number of benzene rings is 2. The van der Waals surface area contributed by atoms with Crippen LogP contribution in [0, 0.1) is 17.6 Å². The Labute approximate surface area is 145 Å². The summed E-state index contributed by atoms with van der Waals surface area (Å²) in [5, 5.41) is 9.15. The van der Waals surface area contributed by atoms with Crippen LogP contribution in [0.25, 0.3) is 11.1 Å². The Hall–Kier alpha value is -1.83. The number of halogens is 2. The highest BCUT2D eigenvalue weighted by molar-refractivity contribution is 7.89. The van der Waals surface area contributed by atoms with Crippen LogP contribution in [0.5, 0.6) is 0 Å². The molecule has 1 fully saturated rings. The van der Waals surface area contributed by atoms with Crippen molar-refractivity contribution in [1.29, 1.82) is 0 Å². The lowest BCUT2D eigenvalue weighted by Gasteiger charge is -2.13. The molecule has 3 rings (SSSR count). The van der Waals surface area contributed by atoms with Crippen molar-refractivity contribution in [3.8, 4) is 11.1 Å².